The first-order valence-corrected chi connectivity index (χ1v) is 12.2. The summed E-state index contributed by atoms with van der Waals surface area (Å²) in [6.07, 6.45) is 3.18. The van der Waals surface area contributed by atoms with Crippen molar-refractivity contribution in [2.24, 2.45) is 0 Å². The molecule has 0 saturated heterocycles. The van der Waals surface area contributed by atoms with E-state index < -0.39 is 0 Å². The van der Waals surface area contributed by atoms with Crippen molar-refractivity contribution in [2.45, 2.75) is 38.4 Å². The van der Waals surface area contributed by atoms with Crippen LogP contribution in [0.25, 0.3) is 0 Å². The second-order valence-electron chi connectivity index (χ2n) is 7.48. The van der Waals surface area contributed by atoms with Gasteiger partial charge in [0.2, 0.25) is 5.91 Å². The summed E-state index contributed by atoms with van der Waals surface area (Å²) in [5.74, 6) is 1.57. The molecule has 0 aliphatic carbocycles. The number of carbonyl (C=O) groups excluding carboxylic acids is 1. The highest BCUT2D eigenvalue weighted by Crippen LogP contribution is 2.27. The van der Waals surface area contributed by atoms with Crippen LogP contribution in [-0.4, -0.2) is 33.0 Å². The molecule has 3 rings (SSSR count). The smallest absolute Gasteiger partial charge is 0.234 e. The fourth-order valence-electron chi connectivity index (χ4n) is 3.11. The van der Waals surface area contributed by atoms with Crippen LogP contribution in [0.1, 0.15) is 23.4 Å². The topological polar surface area (TPSA) is 69.0 Å². The number of hydrogen-bond acceptors (Lipinski definition) is 5. The molecule has 2 aromatic carbocycles. The average molecular weight is 505 g/mol. The molecule has 9 heteroatoms. The number of allylic oxidation sites excluding steroid dienone is 1. The number of carbonyl (C=O) groups is 1. The number of hydrogen-bond donors (Lipinski definition) is 1. The zero-order chi connectivity index (χ0) is 23.8. The minimum atomic E-state index is -0.0864. The summed E-state index contributed by atoms with van der Waals surface area (Å²) in [5, 5.41) is 13.3. The molecule has 1 aromatic heterocycles. The van der Waals surface area contributed by atoms with Gasteiger partial charge in [0.1, 0.15) is 11.6 Å². The Morgan fingerprint density at radius 1 is 1.21 bits per heavy atom. The Labute approximate surface area is 208 Å². The van der Waals surface area contributed by atoms with Gasteiger partial charge >= 0.3 is 0 Å². The highest BCUT2D eigenvalue weighted by molar-refractivity contribution is 7.99. The van der Waals surface area contributed by atoms with E-state index in [0.717, 1.165) is 29.1 Å². The summed E-state index contributed by atoms with van der Waals surface area (Å²) in [6, 6.07) is 11.1. The molecule has 1 amide bonds. The van der Waals surface area contributed by atoms with E-state index in [1.165, 1.54) is 11.8 Å². The van der Waals surface area contributed by atoms with Crippen LogP contribution >= 0.6 is 35.0 Å². The first kappa shape index (κ1) is 25.1. The zero-order valence-electron chi connectivity index (χ0n) is 18.6. The molecule has 0 atom stereocenters. The number of benzene rings is 2. The number of amides is 1. The summed E-state index contributed by atoms with van der Waals surface area (Å²) >= 11 is 13.4. The molecule has 0 aliphatic rings. The molecule has 0 spiro atoms. The summed E-state index contributed by atoms with van der Waals surface area (Å²) in [7, 11) is 0. The third-order valence-corrected chi connectivity index (χ3v) is 6.30. The summed E-state index contributed by atoms with van der Waals surface area (Å²) in [5.41, 5.74) is 2.95. The van der Waals surface area contributed by atoms with Gasteiger partial charge in [-0.25, -0.2) is 0 Å². The molecule has 0 aliphatic heterocycles. The van der Waals surface area contributed by atoms with Crippen LogP contribution in [0.3, 0.4) is 0 Å². The number of nitrogens with zero attached hydrogens (tertiary/aromatic N) is 3. The SMILES string of the molecule is C=CCn1c(CCCOc2ccc(Cl)cc2Cl)nnc1SCC(=O)Nc1cc(C)ccc1C. The van der Waals surface area contributed by atoms with E-state index in [2.05, 4.69) is 22.1 Å². The predicted octanol–water partition coefficient (Wildman–Crippen LogP) is 6.13. The second kappa shape index (κ2) is 12.1. The first-order valence-electron chi connectivity index (χ1n) is 10.5. The van der Waals surface area contributed by atoms with E-state index in [1.54, 1.807) is 24.3 Å². The largest absolute Gasteiger partial charge is 0.492 e. The van der Waals surface area contributed by atoms with E-state index in [4.69, 9.17) is 27.9 Å². The van der Waals surface area contributed by atoms with E-state index in [1.807, 2.05) is 36.6 Å². The van der Waals surface area contributed by atoms with Crippen molar-refractivity contribution in [2.75, 3.05) is 17.7 Å². The maximum atomic E-state index is 12.5. The van der Waals surface area contributed by atoms with Crippen LogP contribution in [-0.2, 0) is 17.8 Å². The Kier molecular flexibility index (Phi) is 9.23. The minimum absolute atomic E-state index is 0.0864. The number of anilines is 1. The van der Waals surface area contributed by atoms with Crippen LogP contribution in [0.2, 0.25) is 10.0 Å². The van der Waals surface area contributed by atoms with Crippen LogP contribution in [0.15, 0.2) is 54.2 Å². The van der Waals surface area contributed by atoms with E-state index in [9.17, 15) is 4.79 Å². The Hall–Kier alpha value is -2.48. The molecule has 0 saturated carbocycles. The highest BCUT2D eigenvalue weighted by atomic mass is 35.5. The Morgan fingerprint density at radius 3 is 2.79 bits per heavy atom. The third kappa shape index (κ3) is 7.25. The first-order chi connectivity index (χ1) is 15.9. The van der Waals surface area contributed by atoms with Gasteiger partial charge in [0.05, 0.1) is 17.4 Å². The average Bonchev–Trinajstić information content (AvgIpc) is 3.15. The monoisotopic (exact) mass is 504 g/mol. The highest BCUT2D eigenvalue weighted by Gasteiger charge is 2.14. The van der Waals surface area contributed by atoms with Gasteiger partial charge in [0, 0.05) is 23.7 Å². The summed E-state index contributed by atoms with van der Waals surface area (Å²) in [6.45, 7) is 8.83. The van der Waals surface area contributed by atoms with Crippen molar-refractivity contribution < 1.29 is 9.53 Å². The molecule has 3 aromatic rings. The number of nitrogens with one attached hydrogen (secondary N) is 1. The lowest BCUT2D eigenvalue weighted by Crippen LogP contribution is -2.15. The fourth-order valence-corrected chi connectivity index (χ4v) is 4.34. The minimum Gasteiger partial charge on any atom is -0.492 e. The molecule has 1 heterocycles. The molecule has 0 radical (unpaired) electrons. The number of ether oxygens (including phenoxy) is 1. The normalized spacial score (nSPS) is 10.8. The van der Waals surface area contributed by atoms with Crippen LogP contribution < -0.4 is 10.1 Å². The lowest BCUT2D eigenvalue weighted by molar-refractivity contribution is -0.113. The van der Waals surface area contributed by atoms with Gasteiger partial charge in [0.25, 0.3) is 0 Å². The molecule has 0 unspecified atom stereocenters. The van der Waals surface area contributed by atoms with Crippen molar-refractivity contribution in [1.29, 1.82) is 0 Å². The number of aryl methyl sites for hydroxylation is 3. The maximum Gasteiger partial charge on any atom is 0.234 e. The van der Waals surface area contributed by atoms with Crippen molar-refractivity contribution >= 4 is 46.6 Å². The molecule has 33 heavy (non-hydrogen) atoms. The lowest BCUT2D eigenvalue weighted by atomic mass is 10.1. The van der Waals surface area contributed by atoms with Gasteiger partial charge in [-0.05, 0) is 55.7 Å². The van der Waals surface area contributed by atoms with E-state index in [0.29, 0.717) is 40.5 Å². The second-order valence-corrected chi connectivity index (χ2v) is 9.27. The van der Waals surface area contributed by atoms with Gasteiger partial charge in [-0.1, -0.05) is 53.2 Å². The number of rotatable bonds is 11. The number of thioether (sulfide) groups is 1. The third-order valence-electron chi connectivity index (χ3n) is 4.80. The van der Waals surface area contributed by atoms with Gasteiger partial charge in [-0.15, -0.1) is 16.8 Å². The van der Waals surface area contributed by atoms with Gasteiger partial charge in [-0.2, -0.15) is 0 Å². The van der Waals surface area contributed by atoms with E-state index in [-0.39, 0.29) is 11.7 Å². The van der Waals surface area contributed by atoms with Crippen molar-refractivity contribution in [3.05, 3.63) is 76.0 Å². The maximum absolute atomic E-state index is 12.5. The van der Waals surface area contributed by atoms with Gasteiger partial charge in [-0.3, -0.25) is 4.79 Å². The Balaban J connectivity index is 1.54. The van der Waals surface area contributed by atoms with E-state index >= 15 is 0 Å². The lowest BCUT2D eigenvalue weighted by Gasteiger charge is -2.10. The molecule has 6 nitrogen and oxygen atoms in total. The Bertz CT molecular complexity index is 1130. The molecule has 0 fully saturated rings. The van der Waals surface area contributed by atoms with Crippen LogP contribution in [0.5, 0.6) is 5.75 Å². The van der Waals surface area contributed by atoms with Gasteiger partial charge in [0.15, 0.2) is 5.16 Å². The standard InChI is InChI=1S/C24H26Cl2N4O2S/c1-4-11-30-22(6-5-12-32-21-10-9-18(25)14-19(21)26)28-29-24(30)33-15-23(31)27-20-13-16(2)7-8-17(20)3/h4,7-10,13-14H,1,5-6,11-12,15H2,2-3H3,(H,27,31). The van der Waals surface area contributed by atoms with Crippen molar-refractivity contribution in [3.8, 4) is 5.75 Å². The zero-order valence-corrected chi connectivity index (χ0v) is 20.9. The molecular weight excluding hydrogens is 479 g/mol. The Morgan fingerprint density at radius 2 is 2.03 bits per heavy atom. The number of halogens is 2. The predicted molar refractivity (Wildman–Crippen MR) is 136 cm³/mol. The van der Waals surface area contributed by atoms with Crippen molar-refractivity contribution in [3.63, 3.8) is 0 Å². The summed E-state index contributed by atoms with van der Waals surface area (Å²) < 4.78 is 7.72. The van der Waals surface area contributed by atoms with Crippen LogP contribution in [0, 0.1) is 13.8 Å². The molecule has 0 bridgehead atoms. The molecular formula is C24H26Cl2N4O2S. The van der Waals surface area contributed by atoms with Gasteiger partial charge < -0.3 is 14.6 Å². The quantitative estimate of drug-likeness (QED) is 0.193. The molecule has 174 valence electrons. The summed E-state index contributed by atoms with van der Waals surface area (Å²) in [4.78, 5) is 12.5. The van der Waals surface area contributed by atoms with Crippen LogP contribution in [0.4, 0.5) is 5.69 Å². The molecule has 1 N–H and O–H groups in total. The number of aromatic nitrogens is 3. The van der Waals surface area contributed by atoms with Crippen molar-refractivity contribution in [1.82, 2.24) is 14.8 Å². The fraction of sp³-hybridized carbons (Fsp3) is 0.292.